The first-order valence-corrected chi connectivity index (χ1v) is 16.8. The fourth-order valence-corrected chi connectivity index (χ4v) is 6.11. The molecule has 0 bridgehead atoms. The summed E-state index contributed by atoms with van der Waals surface area (Å²) < 4.78 is 2.16. The van der Waals surface area contributed by atoms with Crippen molar-refractivity contribution in [3.05, 3.63) is 125 Å². The Morgan fingerprint density at radius 2 is 1.34 bits per heavy atom. The Hall–Kier alpha value is -4.52. The molecule has 0 aliphatic heterocycles. The zero-order valence-electron chi connectivity index (χ0n) is 30.6. The zero-order chi connectivity index (χ0) is 35.5. The molecule has 2 heterocycles. The van der Waals surface area contributed by atoms with Gasteiger partial charge in [-0.1, -0.05) is 115 Å². The van der Waals surface area contributed by atoms with Crippen LogP contribution in [0.5, 0.6) is 5.75 Å². The predicted molar refractivity (Wildman–Crippen MR) is 203 cm³/mol. The van der Waals surface area contributed by atoms with E-state index in [-0.39, 0.29) is 43.1 Å². The molecule has 4 aromatic carbocycles. The first kappa shape index (κ1) is 36.8. The summed E-state index contributed by atoms with van der Waals surface area (Å²) in [6.07, 6.45) is 1.85. The Morgan fingerprint density at radius 1 is 0.720 bits per heavy atom. The minimum absolute atomic E-state index is 0. The van der Waals surface area contributed by atoms with Gasteiger partial charge in [0.05, 0.1) is 23.2 Å². The van der Waals surface area contributed by atoms with Crippen molar-refractivity contribution in [2.24, 2.45) is 0 Å². The molecule has 0 unspecified atom stereocenters. The van der Waals surface area contributed by atoms with E-state index in [4.69, 9.17) is 16.5 Å². The van der Waals surface area contributed by atoms with E-state index in [1.165, 1.54) is 22.8 Å². The van der Waals surface area contributed by atoms with Crippen LogP contribution in [0.2, 0.25) is 0 Å². The molecule has 6 rings (SSSR count). The Kier molecular flexibility index (Phi) is 9.78. The van der Waals surface area contributed by atoms with Gasteiger partial charge < -0.3 is 5.11 Å². The van der Waals surface area contributed by atoms with Gasteiger partial charge in [-0.15, -0.1) is 29.3 Å². The van der Waals surface area contributed by atoms with Gasteiger partial charge in [-0.25, -0.2) is 9.83 Å². The standard InChI is InChI=1S/C44H45N4O.Pt/c1-27-17-18-46-37(19-27)29-20-28(21-30(22-29)42(2,3)4)35-13-12-14-38-40(35)47-41(36-16-15-33(45-11)26-39(36)49)48(38)34-24-31(43(5,6)7)23-32(25-34)44(8,9)10;/h12-19,21-26,49H,1-10H3;/q-1;. The number of aromatic hydroxyl groups is 1. The largest absolute Gasteiger partial charge is 0.509 e. The number of imidazole rings is 1. The van der Waals surface area contributed by atoms with Gasteiger partial charge >= 0.3 is 0 Å². The third-order valence-corrected chi connectivity index (χ3v) is 9.16. The minimum Gasteiger partial charge on any atom is -0.509 e. The van der Waals surface area contributed by atoms with Crippen molar-refractivity contribution in [3.63, 3.8) is 0 Å². The Bertz CT molecular complexity index is 2240. The Balaban J connectivity index is 0.00000486. The van der Waals surface area contributed by atoms with Crippen LogP contribution < -0.4 is 0 Å². The second kappa shape index (κ2) is 13.3. The van der Waals surface area contributed by atoms with Crippen molar-refractivity contribution >= 4 is 16.7 Å². The Morgan fingerprint density at radius 3 is 1.92 bits per heavy atom. The van der Waals surface area contributed by atoms with E-state index >= 15 is 0 Å². The van der Waals surface area contributed by atoms with E-state index in [9.17, 15) is 5.11 Å². The number of nitrogens with zero attached hydrogens (tertiary/aromatic N) is 4. The van der Waals surface area contributed by atoms with Crippen LogP contribution in [0.1, 0.15) is 84.6 Å². The molecule has 0 saturated heterocycles. The molecule has 0 aliphatic rings. The quantitative estimate of drug-likeness (QED) is 0.180. The predicted octanol–water partition coefficient (Wildman–Crippen LogP) is 11.7. The number of fused-ring (bicyclic) bond motifs is 1. The number of hydrogen-bond acceptors (Lipinski definition) is 3. The van der Waals surface area contributed by atoms with E-state index in [0.29, 0.717) is 17.1 Å². The van der Waals surface area contributed by atoms with Crippen molar-refractivity contribution in [2.75, 3.05) is 0 Å². The summed E-state index contributed by atoms with van der Waals surface area (Å²) in [5.74, 6) is 0.624. The fourth-order valence-electron chi connectivity index (χ4n) is 6.11. The molecule has 1 N–H and O–H groups in total. The summed E-state index contributed by atoms with van der Waals surface area (Å²) in [4.78, 5) is 13.6. The van der Waals surface area contributed by atoms with Gasteiger partial charge in [0.15, 0.2) is 5.69 Å². The number of rotatable bonds is 4. The van der Waals surface area contributed by atoms with E-state index in [0.717, 1.165) is 44.7 Å². The monoisotopic (exact) mass is 840 g/mol. The van der Waals surface area contributed by atoms with E-state index in [2.05, 4.69) is 139 Å². The molecule has 50 heavy (non-hydrogen) atoms. The molecule has 2 aromatic heterocycles. The smallest absolute Gasteiger partial charge is 0.190 e. The molecular formula is C44H45N4OPt-. The first-order chi connectivity index (χ1) is 22.9. The molecular weight excluding hydrogens is 796 g/mol. The zero-order valence-corrected chi connectivity index (χ0v) is 32.9. The van der Waals surface area contributed by atoms with Crippen molar-refractivity contribution in [1.82, 2.24) is 14.5 Å². The number of pyridine rings is 1. The van der Waals surface area contributed by atoms with Crippen molar-refractivity contribution < 1.29 is 26.2 Å². The van der Waals surface area contributed by atoms with Crippen molar-refractivity contribution in [1.29, 1.82) is 0 Å². The van der Waals surface area contributed by atoms with Crippen LogP contribution >= 0.6 is 0 Å². The van der Waals surface area contributed by atoms with E-state index in [1.54, 1.807) is 12.1 Å². The molecule has 0 atom stereocenters. The second-order valence-corrected chi connectivity index (χ2v) is 16.2. The molecule has 0 fully saturated rings. The summed E-state index contributed by atoms with van der Waals surface area (Å²) in [6, 6.07) is 30.3. The van der Waals surface area contributed by atoms with Crippen LogP contribution in [0.3, 0.4) is 0 Å². The molecule has 6 aromatic rings. The van der Waals surface area contributed by atoms with Gasteiger partial charge in [-0.3, -0.25) is 9.55 Å². The fraction of sp³-hybridized carbons (Fsp3) is 0.295. The third-order valence-electron chi connectivity index (χ3n) is 9.16. The third kappa shape index (κ3) is 7.19. The summed E-state index contributed by atoms with van der Waals surface area (Å²) in [6.45, 7) is 29.6. The van der Waals surface area contributed by atoms with Crippen LogP contribution in [0, 0.1) is 19.6 Å². The number of hydrogen-bond donors (Lipinski definition) is 1. The number of benzene rings is 4. The van der Waals surface area contributed by atoms with Gasteiger partial charge in [0, 0.05) is 38.6 Å². The van der Waals surface area contributed by atoms with E-state index in [1.807, 2.05) is 12.3 Å². The molecule has 0 radical (unpaired) electrons. The summed E-state index contributed by atoms with van der Waals surface area (Å²) in [5.41, 5.74) is 11.7. The van der Waals surface area contributed by atoms with Gasteiger partial charge in [0.2, 0.25) is 0 Å². The summed E-state index contributed by atoms with van der Waals surface area (Å²) in [5, 5.41) is 11.3. The maximum atomic E-state index is 11.3. The maximum absolute atomic E-state index is 11.3. The second-order valence-electron chi connectivity index (χ2n) is 16.2. The topological polar surface area (TPSA) is 55.3 Å². The molecule has 6 heteroatoms. The van der Waals surface area contributed by atoms with Crippen LogP contribution in [0.4, 0.5) is 5.69 Å². The van der Waals surface area contributed by atoms with Crippen LogP contribution in [0.15, 0.2) is 85.1 Å². The molecule has 0 spiro atoms. The average molecular weight is 841 g/mol. The molecule has 0 aliphatic carbocycles. The van der Waals surface area contributed by atoms with E-state index < -0.39 is 0 Å². The maximum Gasteiger partial charge on any atom is 0.190 e. The van der Waals surface area contributed by atoms with Gasteiger partial charge in [-0.05, 0) is 64.6 Å². The van der Waals surface area contributed by atoms with Crippen molar-refractivity contribution in [3.8, 4) is 45.2 Å². The molecule has 0 saturated carbocycles. The van der Waals surface area contributed by atoms with Crippen LogP contribution in [-0.2, 0) is 37.3 Å². The number of phenols is 1. The normalized spacial score (nSPS) is 12.1. The van der Waals surface area contributed by atoms with Crippen molar-refractivity contribution in [2.45, 2.75) is 85.5 Å². The SMILES string of the molecule is [C-]#[N+]c1ccc(-c2nc3c(-c4[c-]c(-c5cc(C)ccn5)cc(C(C)(C)C)c4)cccc3n2-c2cc(C(C)(C)C)cc(C(C)(C)C)c2)c(O)c1.[Pt]. The first-order valence-electron chi connectivity index (χ1n) is 16.8. The van der Waals surface area contributed by atoms with Gasteiger partial charge in [-0.2, -0.15) is 0 Å². The average Bonchev–Trinajstić information content (AvgIpc) is 3.42. The minimum atomic E-state index is -0.117. The molecule has 5 nitrogen and oxygen atoms in total. The number of phenolic OH excluding ortho intramolecular Hbond substituents is 1. The van der Waals surface area contributed by atoms with Crippen LogP contribution in [0.25, 0.3) is 55.3 Å². The summed E-state index contributed by atoms with van der Waals surface area (Å²) >= 11 is 0. The number of para-hydroxylation sites is 1. The van der Waals surface area contributed by atoms with Gasteiger partial charge in [0.25, 0.3) is 0 Å². The number of aryl methyl sites for hydroxylation is 1. The summed E-state index contributed by atoms with van der Waals surface area (Å²) in [7, 11) is 0. The molecule has 0 amide bonds. The number of aromatic nitrogens is 3. The molecule has 258 valence electrons. The van der Waals surface area contributed by atoms with Gasteiger partial charge in [0.1, 0.15) is 11.6 Å². The van der Waals surface area contributed by atoms with Crippen LogP contribution in [-0.4, -0.2) is 19.6 Å². The Labute approximate surface area is 311 Å².